The van der Waals surface area contributed by atoms with Crippen molar-refractivity contribution in [2.45, 2.75) is 20.8 Å². The van der Waals surface area contributed by atoms with E-state index >= 15 is 0 Å². The Morgan fingerprint density at radius 1 is 0.958 bits per heavy atom. The summed E-state index contributed by atoms with van der Waals surface area (Å²) >= 11 is 0. The van der Waals surface area contributed by atoms with Crippen molar-refractivity contribution in [2.24, 2.45) is 10.2 Å². The molecule has 0 spiro atoms. The van der Waals surface area contributed by atoms with Crippen LogP contribution in [0.4, 0.5) is 11.4 Å². The predicted octanol–water partition coefficient (Wildman–Crippen LogP) is 4.82. The smallest absolute Gasteiger partial charge is 0.341 e. The summed E-state index contributed by atoms with van der Waals surface area (Å²) in [5, 5.41) is 17.7. The first-order valence-corrected chi connectivity index (χ1v) is 7.45. The fourth-order valence-electron chi connectivity index (χ4n) is 1.74. The average molecular weight is 328 g/mol. The molecule has 0 bridgehead atoms. The van der Waals surface area contributed by atoms with Crippen LogP contribution in [0.2, 0.25) is 0 Å². The molecule has 0 unspecified atom stereocenters. The largest absolute Gasteiger partial charge is 0.507 e. The summed E-state index contributed by atoms with van der Waals surface area (Å²) < 4.78 is 4.54. The number of hydrogen-bond acceptors (Lipinski definition) is 6. The topological polar surface area (TPSA) is 88.3 Å². The summed E-state index contributed by atoms with van der Waals surface area (Å²) in [7, 11) is 1.24. The van der Waals surface area contributed by atoms with E-state index in [1.54, 1.807) is 30.3 Å². The van der Waals surface area contributed by atoms with Gasteiger partial charge >= 0.3 is 5.97 Å². The van der Waals surface area contributed by atoms with E-state index in [4.69, 9.17) is 0 Å². The predicted molar refractivity (Wildman–Crippen MR) is 91.4 cm³/mol. The third kappa shape index (κ3) is 5.01. The molecule has 0 radical (unpaired) electrons. The molecule has 2 rings (SSSR count). The monoisotopic (exact) mass is 328 g/mol. The zero-order valence-corrected chi connectivity index (χ0v) is 14.1. The van der Waals surface area contributed by atoms with Crippen LogP contribution in [0.25, 0.3) is 0 Å². The Morgan fingerprint density at radius 3 is 2.00 bits per heavy atom. The molecule has 0 fully saturated rings. The van der Waals surface area contributed by atoms with Crippen molar-refractivity contribution < 1.29 is 19.4 Å². The maximum atomic E-state index is 11.3. The number of hydrogen-bond donors (Lipinski definition) is 1. The van der Waals surface area contributed by atoms with Gasteiger partial charge in [0.25, 0.3) is 0 Å². The van der Waals surface area contributed by atoms with Crippen LogP contribution in [-0.2, 0) is 4.74 Å². The highest BCUT2D eigenvalue weighted by Gasteiger charge is 2.11. The summed E-state index contributed by atoms with van der Waals surface area (Å²) in [5.41, 5.74) is 1.62. The Hall–Kier alpha value is -3.02. The second-order valence-electron chi connectivity index (χ2n) is 4.50. The summed E-state index contributed by atoms with van der Waals surface area (Å²) in [6.07, 6.45) is 0. The number of nitrogens with zero attached hydrogens (tertiary/aromatic N) is 2. The number of azo groups is 1. The summed E-state index contributed by atoms with van der Waals surface area (Å²) in [6, 6.07) is 10.9. The second-order valence-corrected chi connectivity index (χ2v) is 4.50. The number of carbonyl (C=O) groups excluding carboxylic acids is 2. The van der Waals surface area contributed by atoms with E-state index in [-0.39, 0.29) is 17.1 Å². The second kappa shape index (κ2) is 9.19. The molecule has 0 saturated heterocycles. The number of phenolic OH excluding ortho intramolecular Hbond substituents is 1. The van der Waals surface area contributed by atoms with Crippen molar-refractivity contribution in [1.82, 2.24) is 0 Å². The molecule has 6 nitrogen and oxygen atoms in total. The van der Waals surface area contributed by atoms with Crippen LogP contribution >= 0.6 is 0 Å². The molecular formula is C18H20N2O4. The zero-order chi connectivity index (χ0) is 18.1. The maximum absolute atomic E-state index is 11.3. The van der Waals surface area contributed by atoms with Gasteiger partial charge in [-0.1, -0.05) is 13.8 Å². The Balaban J connectivity index is 0.00000139. The van der Waals surface area contributed by atoms with Crippen LogP contribution in [0, 0.1) is 0 Å². The Morgan fingerprint density at radius 2 is 1.50 bits per heavy atom. The number of Topliss-reactive ketones (excluding diaryl/α,β-unsaturated/α-hetero) is 1. The standard InChI is InChI=1S/C16H14N2O4.C2H6/c1-10(19)11-3-5-12(6-4-11)17-18-13-7-8-14(15(20)9-13)16(21)22-2;1-2/h3-9,20H,1-2H3;1-2H3. The Kier molecular flexibility index (Phi) is 7.29. The van der Waals surface area contributed by atoms with Gasteiger partial charge in [-0.05, 0) is 43.3 Å². The van der Waals surface area contributed by atoms with Gasteiger partial charge in [0.05, 0.1) is 18.5 Å². The highest BCUT2D eigenvalue weighted by atomic mass is 16.5. The number of ether oxygens (including phenoxy) is 1. The number of methoxy groups -OCH3 is 1. The van der Waals surface area contributed by atoms with Crippen LogP contribution in [0.1, 0.15) is 41.5 Å². The minimum Gasteiger partial charge on any atom is -0.507 e. The van der Waals surface area contributed by atoms with Crippen molar-refractivity contribution in [2.75, 3.05) is 7.11 Å². The van der Waals surface area contributed by atoms with Crippen molar-refractivity contribution in [3.63, 3.8) is 0 Å². The van der Waals surface area contributed by atoms with Crippen molar-refractivity contribution >= 4 is 23.1 Å². The number of esters is 1. The van der Waals surface area contributed by atoms with Crippen LogP contribution in [0.5, 0.6) is 5.75 Å². The summed E-state index contributed by atoms with van der Waals surface area (Å²) in [6.45, 7) is 5.49. The van der Waals surface area contributed by atoms with E-state index in [9.17, 15) is 14.7 Å². The number of benzene rings is 2. The van der Waals surface area contributed by atoms with Crippen molar-refractivity contribution in [3.8, 4) is 5.75 Å². The zero-order valence-electron chi connectivity index (χ0n) is 14.1. The molecule has 2 aromatic carbocycles. The van der Waals surface area contributed by atoms with Crippen molar-refractivity contribution in [1.29, 1.82) is 0 Å². The van der Waals surface area contributed by atoms with E-state index < -0.39 is 5.97 Å². The number of carbonyl (C=O) groups is 2. The van der Waals surface area contributed by atoms with E-state index in [1.165, 1.54) is 26.2 Å². The molecule has 2 aromatic rings. The van der Waals surface area contributed by atoms with Gasteiger partial charge in [0.1, 0.15) is 11.3 Å². The highest BCUT2D eigenvalue weighted by Crippen LogP contribution is 2.26. The van der Waals surface area contributed by atoms with Gasteiger partial charge in [0.15, 0.2) is 5.78 Å². The molecule has 0 amide bonds. The van der Waals surface area contributed by atoms with Gasteiger partial charge in [-0.15, -0.1) is 0 Å². The molecule has 0 aliphatic carbocycles. The quantitative estimate of drug-likeness (QED) is 0.495. The van der Waals surface area contributed by atoms with E-state index in [1.807, 2.05) is 13.8 Å². The van der Waals surface area contributed by atoms with Gasteiger partial charge in [-0.3, -0.25) is 4.79 Å². The lowest BCUT2D eigenvalue weighted by molar-refractivity contribution is 0.0597. The number of ketones is 1. The SMILES string of the molecule is CC.COC(=O)c1ccc(N=Nc2ccc(C(C)=O)cc2)cc1O. The van der Waals surface area contributed by atoms with Crippen molar-refractivity contribution in [3.05, 3.63) is 53.6 Å². The van der Waals surface area contributed by atoms with Gasteiger partial charge in [0.2, 0.25) is 0 Å². The number of aromatic hydroxyl groups is 1. The number of rotatable bonds is 4. The lowest BCUT2D eigenvalue weighted by Gasteiger charge is -2.02. The fraction of sp³-hybridized carbons (Fsp3) is 0.222. The number of phenols is 1. The minimum absolute atomic E-state index is 0.0215. The molecule has 0 aliphatic heterocycles. The van der Waals surface area contributed by atoms with E-state index in [0.717, 1.165) is 0 Å². The highest BCUT2D eigenvalue weighted by molar-refractivity contribution is 5.94. The van der Waals surface area contributed by atoms with E-state index in [2.05, 4.69) is 15.0 Å². The molecule has 1 N–H and O–H groups in total. The first-order chi connectivity index (χ1) is 11.5. The van der Waals surface area contributed by atoms with Crippen LogP contribution in [0.3, 0.4) is 0 Å². The first kappa shape index (κ1) is 19.0. The summed E-state index contributed by atoms with van der Waals surface area (Å²) in [4.78, 5) is 22.5. The Bertz CT molecular complexity index is 737. The Labute approximate surface area is 140 Å². The van der Waals surface area contributed by atoms with Gasteiger partial charge in [-0.2, -0.15) is 10.2 Å². The molecule has 0 heterocycles. The first-order valence-electron chi connectivity index (χ1n) is 7.45. The fourth-order valence-corrected chi connectivity index (χ4v) is 1.74. The van der Waals surface area contributed by atoms with Gasteiger partial charge < -0.3 is 9.84 Å². The normalized spacial score (nSPS) is 10.0. The molecular weight excluding hydrogens is 308 g/mol. The van der Waals surface area contributed by atoms with Crippen LogP contribution < -0.4 is 0 Å². The average Bonchev–Trinajstić information content (AvgIpc) is 2.61. The maximum Gasteiger partial charge on any atom is 0.341 e. The van der Waals surface area contributed by atoms with Crippen LogP contribution in [0.15, 0.2) is 52.7 Å². The lowest BCUT2D eigenvalue weighted by atomic mass is 10.1. The molecule has 0 aliphatic rings. The lowest BCUT2D eigenvalue weighted by Crippen LogP contribution is -2.00. The third-order valence-corrected chi connectivity index (χ3v) is 2.94. The molecule has 6 heteroatoms. The summed E-state index contributed by atoms with van der Waals surface area (Å²) in [5.74, 6) is -0.872. The van der Waals surface area contributed by atoms with E-state index in [0.29, 0.717) is 16.9 Å². The van der Waals surface area contributed by atoms with Gasteiger partial charge in [-0.25, -0.2) is 4.79 Å². The third-order valence-electron chi connectivity index (χ3n) is 2.94. The van der Waals surface area contributed by atoms with Crippen LogP contribution in [-0.4, -0.2) is 24.0 Å². The molecule has 0 saturated carbocycles. The molecule has 126 valence electrons. The molecule has 24 heavy (non-hydrogen) atoms. The van der Waals surface area contributed by atoms with Gasteiger partial charge in [0, 0.05) is 11.6 Å². The molecule has 0 aromatic heterocycles. The minimum atomic E-state index is -0.624. The molecule has 0 atom stereocenters.